The molecular weight excluding hydrogens is 352 g/mol. The van der Waals surface area contributed by atoms with E-state index in [2.05, 4.69) is 10.1 Å². The Bertz CT molecular complexity index is 758. The number of carbonyl (C=O) groups is 2. The zero-order valence-electron chi connectivity index (χ0n) is 15.6. The summed E-state index contributed by atoms with van der Waals surface area (Å²) in [5.74, 6) is 0.851. The standard InChI is InChI=1S/C18H24N4O5/c1-13(23)22(8-5-16-19-17(12-25-2)27-20-16)15-4-3-7-21(10-15)18(24)14-6-9-26-11-14/h6,9,11,15H,3-5,7-8,10,12H2,1-2H3. The number of hydrogen-bond donors (Lipinski definition) is 0. The van der Waals surface area contributed by atoms with Gasteiger partial charge in [0.05, 0.1) is 11.8 Å². The van der Waals surface area contributed by atoms with Gasteiger partial charge in [-0.05, 0) is 18.9 Å². The number of hydrogen-bond acceptors (Lipinski definition) is 7. The van der Waals surface area contributed by atoms with Crippen LogP contribution in [0.5, 0.6) is 0 Å². The number of ether oxygens (including phenoxy) is 1. The molecule has 1 saturated heterocycles. The first-order valence-electron chi connectivity index (χ1n) is 8.97. The molecule has 0 aromatic carbocycles. The van der Waals surface area contributed by atoms with Crippen molar-refractivity contribution in [2.45, 2.75) is 38.8 Å². The molecule has 27 heavy (non-hydrogen) atoms. The van der Waals surface area contributed by atoms with Crippen molar-refractivity contribution in [2.75, 3.05) is 26.7 Å². The van der Waals surface area contributed by atoms with E-state index in [0.29, 0.717) is 43.3 Å². The molecule has 146 valence electrons. The number of carbonyl (C=O) groups excluding carboxylic acids is 2. The fourth-order valence-corrected chi connectivity index (χ4v) is 3.35. The lowest BCUT2D eigenvalue weighted by molar-refractivity contribution is -0.132. The second-order valence-corrected chi connectivity index (χ2v) is 6.56. The Kier molecular flexibility index (Phi) is 6.23. The quantitative estimate of drug-likeness (QED) is 0.721. The van der Waals surface area contributed by atoms with Gasteiger partial charge in [0.2, 0.25) is 5.91 Å². The van der Waals surface area contributed by atoms with E-state index < -0.39 is 0 Å². The molecule has 0 radical (unpaired) electrons. The molecule has 9 heteroatoms. The smallest absolute Gasteiger partial charge is 0.257 e. The van der Waals surface area contributed by atoms with Gasteiger partial charge in [0, 0.05) is 46.1 Å². The Morgan fingerprint density at radius 2 is 2.30 bits per heavy atom. The molecule has 0 saturated carbocycles. The van der Waals surface area contributed by atoms with Crippen LogP contribution < -0.4 is 0 Å². The van der Waals surface area contributed by atoms with Gasteiger partial charge in [0.1, 0.15) is 12.9 Å². The van der Waals surface area contributed by atoms with E-state index in [-0.39, 0.29) is 24.5 Å². The number of nitrogens with zero attached hydrogens (tertiary/aromatic N) is 4. The highest BCUT2D eigenvalue weighted by Gasteiger charge is 2.30. The highest BCUT2D eigenvalue weighted by atomic mass is 16.5. The molecular formula is C18H24N4O5. The highest BCUT2D eigenvalue weighted by Crippen LogP contribution is 2.19. The monoisotopic (exact) mass is 376 g/mol. The third kappa shape index (κ3) is 4.73. The molecule has 1 atom stereocenters. The van der Waals surface area contributed by atoms with Crippen LogP contribution in [0.25, 0.3) is 0 Å². The van der Waals surface area contributed by atoms with Crippen LogP contribution in [0.15, 0.2) is 27.5 Å². The van der Waals surface area contributed by atoms with E-state index in [1.807, 2.05) is 0 Å². The first kappa shape index (κ1) is 19.1. The summed E-state index contributed by atoms with van der Waals surface area (Å²) < 4.78 is 15.0. The minimum Gasteiger partial charge on any atom is -0.472 e. The zero-order valence-corrected chi connectivity index (χ0v) is 15.6. The van der Waals surface area contributed by atoms with E-state index in [9.17, 15) is 9.59 Å². The lowest BCUT2D eigenvalue weighted by atomic mass is 10.0. The summed E-state index contributed by atoms with van der Waals surface area (Å²) in [6.45, 7) is 3.46. The van der Waals surface area contributed by atoms with Crippen LogP contribution in [-0.2, 0) is 22.6 Å². The van der Waals surface area contributed by atoms with Gasteiger partial charge >= 0.3 is 0 Å². The molecule has 2 aromatic rings. The third-order valence-electron chi connectivity index (χ3n) is 4.65. The van der Waals surface area contributed by atoms with Crippen molar-refractivity contribution in [3.63, 3.8) is 0 Å². The Morgan fingerprint density at radius 1 is 1.44 bits per heavy atom. The number of methoxy groups -OCH3 is 1. The van der Waals surface area contributed by atoms with Crippen LogP contribution >= 0.6 is 0 Å². The Labute approximate surface area is 157 Å². The van der Waals surface area contributed by atoms with Gasteiger partial charge in [-0.25, -0.2) is 0 Å². The first-order chi connectivity index (χ1) is 13.1. The average molecular weight is 376 g/mol. The van der Waals surface area contributed by atoms with Crippen molar-refractivity contribution < 1.29 is 23.3 Å². The van der Waals surface area contributed by atoms with Gasteiger partial charge in [-0.3, -0.25) is 9.59 Å². The first-order valence-corrected chi connectivity index (χ1v) is 8.97. The van der Waals surface area contributed by atoms with Gasteiger partial charge in [-0.15, -0.1) is 0 Å². The van der Waals surface area contributed by atoms with Crippen molar-refractivity contribution in [3.05, 3.63) is 35.9 Å². The van der Waals surface area contributed by atoms with Crippen molar-refractivity contribution in [1.29, 1.82) is 0 Å². The fraction of sp³-hybridized carbons (Fsp3) is 0.556. The lowest BCUT2D eigenvalue weighted by Gasteiger charge is -2.39. The van der Waals surface area contributed by atoms with Crippen molar-refractivity contribution in [2.24, 2.45) is 0 Å². The Balaban J connectivity index is 1.61. The number of aromatic nitrogens is 2. The number of piperidine rings is 1. The van der Waals surface area contributed by atoms with E-state index in [1.165, 1.54) is 12.5 Å². The summed E-state index contributed by atoms with van der Waals surface area (Å²) >= 11 is 0. The van der Waals surface area contributed by atoms with Crippen molar-refractivity contribution >= 4 is 11.8 Å². The fourth-order valence-electron chi connectivity index (χ4n) is 3.35. The Hall–Kier alpha value is -2.68. The minimum absolute atomic E-state index is 0.0294. The zero-order chi connectivity index (χ0) is 19.2. The van der Waals surface area contributed by atoms with Gasteiger partial charge in [-0.2, -0.15) is 4.98 Å². The van der Waals surface area contributed by atoms with E-state index >= 15 is 0 Å². The SMILES string of the molecule is COCc1nc(CCN(C(C)=O)C2CCCN(C(=O)c3ccoc3)C2)no1. The molecule has 3 heterocycles. The van der Waals surface area contributed by atoms with Crippen LogP contribution in [0.2, 0.25) is 0 Å². The maximum Gasteiger partial charge on any atom is 0.257 e. The minimum atomic E-state index is -0.0701. The maximum absolute atomic E-state index is 12.6. The predicted octanol–water partition coefficient (Wildman–Crippen LogP) is 1.50. The second kappa shape index (κ2) is 8.81. The molecule has 0 spiro atoms. The average Bonchev–Trinajstić information content (AvgIpc) is 3.34. The van der Waals surface area contributed by atoms with E-state index in [4.69, 9.17) is 13.7 Å². The molecule has 0 bridgehead atoms. The summed E-state index contributed by atoms with van der Waals surface area (Å²) in [6.07, 6.45) is 5.12. The molecule has 1 aliphatic heterocycles. The predicted molar refractivity (Wildman–Crippen MR) is 93.7 cm³/mol. The number of likely N-dealkylation sites (tertiary alicyclic amines) is 1. The topological polar surface area (TPSA) is 102 Å². The van der Waals surface area contributed by atoms with Crippen LogP contribution in [0.1, 0.15) is 41.8 Å². The van der Waals surface area contributed by atoms with Crippen LogP contribution in [0.3, 0.4) is 0 Å². The molecule has 2 aromatic heterocycles. The van der Waals surface area contributed by atoms with Crippen molar-refractivity contribution in [3.8, 4) is 0 Å². The summed E-state index contributed by atoms with van der Waals surface area (Å²) in [7, 11) is 1.56. The van der Waals surface area contributed by atoms with Crippen LogP contribution in [0.4, 0.5) is 0 Å². The molecule has 0 aliphatic carbocycles. The van der Waals surface area contributed by atoms with Gasteiger partial charge in [0.15, 0.2) is 5.82 Å². The number of rotatable bonds is 7. The van der Waals surface area contributed by atoms with Gasteiger partial charge in [-0.1, -0.05) is 5.16 Å². The van der Waals surface area contributed by atoms with Crippen molar-refractivity contribution in [1.82, 2.24) is 19.9 Å². The molecule has 1 fully saturated rings. The summed E-state index contributed by atoms with van der Waals surface area (Å²) in [4.78, 5) is 32.6. The van der Waals surface area contributed by atoms with Crippen LogP contribution in [-0.4, -0.2) is 64.5 Å². The van der Waals surface area contributed by atoms with E-state index in [1.54, 1.807) is 29.9 Å². The number of amides is 2. The van der Waals surface area contributed by atoms with Gasteiger partial charge in [0.25, 0.3) is 11.8 Å². The maximum atomic E-state index is 12.6. The molecule has 2 amide bonds. The summed E-state index contributed by atoms with van der Waals surface area (Å²) in [5.41, 5.74) is 0.530. The number of furan rings is 1. The third-order valence-corrected chi connectivity index (χ3v) is 4.65. The normalized spacial score (nSPS) is 17.1. The van der Waals surface area contributed by atoms with Gasteiger partial charge < -0.3 is 23.5 Å². The summed E-state index contributed by atoms with van der Waals surface area (Å²) in [5, 5.41) is 3.91. The second-order valence-electron chi connectivity index (χ2n) is 6.56. The molecule has 9 nitrogen and oxygen atoms in total. The molecule has 0 N–H and O–H groups in total. The Morgan fingerprint density at radius 3 is 3.00 bits per heavy atom. The van der Waals surface area contributed by atoms with E-state index in [0.717, 1.165) is 12.8 Å². The lowest BCUT2D eigenvalue weighted by Crippen LogP contribution is -2.51. The largest absolute Gasteiger partial charge is 0.472 e. The molecule has 1 unspecified atom stereocenters. The van der Waals surface area contributed by atoms with Crippen LogP contribution in [0, 0.1) is 0 Å². The summed E-state index contributed by atoms with van der Waals surface area (Å²) in [6, 6.07) is 1.63. The highest BCUT2D eigenvalue weighted by molar-refractivity contribution is 5.94. The molecule has 1 aliphatic rings. The molecule has 3 rings (SSSR count).